The van der Waals surface area contributed by atoms with Gasteiger partial charge in [0, 0.05) is 17.0 Å². The number of anilines is 1. The van der Waals surface area contributed by atoms with Crippen molar-refractivity contribution in [3.05, 3.63) is 46.6 Å². The molecule has 1 aromatic heterocycles. The lowest BCUT2D eigenvalue weighted by atomic mass is 10.1. The van der Waals surface area contributed by atoms with Gasteiger partial charge < -0.3 is 10.4 Å². The van der Waals surface area contributed by atoms with E-state index < -0.39 is 16.7 Å². The first-order chi connectivity index (χ1) is 11.7. The fraction of sp³-hybridized carbons (Fsp3) is 0.278. The maximum atomic E-state index is 12.6. The molecule has 0 radical (unpaired) electrons. The van der Waals surface area contributed by atoms with Crippen LogP contribution >= 0.6 is 0 Å². The quantitative estimate of drug-likeness (QED) is 0.875. The highest BCUT2D eigenvalue weighted by Crippen LogP contribution is 2.27. The second-order valence-electron chi connectivity index (χ2n) is 5.94. The SMILES string of the molecule is Cc1cc(O)c(S(=O)C(C)C)cc1C(=O)Nc1ncc(C#N)cc1C. The molecule has 25 heavy (non-hydrogen) atoms. The Morgan fingerprint density at radius 1 is 1.28 bits per heavy atom. The molecule has 2 rings (SSSR count). The second kappa shape index (κ2) is 7.45. The van der Waals surface area contributed by atoms with Crippen LogP contribution in [0.3, 0.4) is 0 Å². The van der Waals surface area contributed by atoms with E-state index in [-0.39, 0.29) is 15.9 Å². The van der Waals surface area contributed by atoms with Crippen LogP contribution in [-0.2, 0) is 10.8 Å². The first kappa shape index (κ1) is 18.6. The molecule has 6 nitrogen and oxygen atoms in total. The Balaban J connectivity index is 2.38. The lowest BCUT2D eigenvalue weighted by Gasteiger charge is -2.13. The Labute approximate surface area is 149 Å². The molecule has 0 spiro atoms. The van der Waals surface area contributed by atoms with Crippen molar-refractivity contribution < 1.29 is 14.1 Å². The third kappa shape index (κ3) is 4.03. The van der Waals surface area contributed by atoms with Crippen LogP contribution in [0.1, 0.15) is 40.9 Å². The summed E-state index contributed by atoms with van der Waals surface area (Å²) < 4.78 is 12.3. The van der Waals surface area contributed by atoms with Gasteiger partial charge in [-0.3, -0.25) is 9.00 Å². The van der Waals surface area contributed by atoms with Gasteiger partial charge in [0.2, 0.25) is 0 Å². The maximum absolute atomic E-state index is 12.6. The van der Waals surface area contributed by atoms with E-state index in [1.54, 1.807) is 33.8 Å². The van der Waals surface area contributed by atoms with E-state index in [0.29, 0.717) is 28.1 Å². The Kier molecular flexibility index (Phi) is 5.55. The number of nitriles is 1. The number of hydrogen-bond donors (Lipinski definition) is 2. The molecule has 0 saturated carbocycles. The molecule has 0 bridgehead atoms. The molecule has 7 heteroatoms. The standard InChI is InChI=1S/C18H19N3O3S/c1-10(2)25(24)16-7-14(11(3)6-15(16)22)18(23)21-17-12(4)5-13(8-19)9-20-17/h5-7,9-10,22H,1-4H3,(H,20,21,23). The lowest BCUT2D eigenvalue weighted by Crippen LogP contribution is -2.16. The molecule has 1 amide bonds. The highest BCUT2D eigenvalue weighted by Gasteiger charge is 2.19. The third-order valence-electron chi connectivity index (χ3n) is 3.63. The van der Waals surface area contributed by atoms with Crippen molar-refractivity contribution in [2.75, 3.05) is 5.32 Å². The number of nitrogens with zero attached hydrogens (tertiary/aromatic N) is 2. The first-order valence-corrected chi connectivity index (χ1v) is 8.88. The highest BCUT2D eigenvalue weighted by molar-refractivity contribution is 7.85. The highest BCUT2D eigenvalue weighted by atomic mass is 32.2. The maximum Gasteiger partial charge on any atom is 0.257 e. The van der Waals surface area contributed by atoms with Gasteiger partial charge in [-0.05, 0) is 43.2 Å². The summed E-state index contributed by atoms with van der Waals surface area (Å²) in [5, 5.41) is 21.4. The van der Waals surface area contributed by atoms with E-state index in [2.05, 4.69) is 10.3 Å². The Morgan fingerprint density at radius 2 is 1.96 bits per heavy atom. The van der Waals surface area contributed by atoms with E-state index in [9.17, 15) is 14.1 Å². The van der Waals surface area contributed by atoms with Gasteiger partial charge >= 0.3 is 0 Å². The molecular weight excluding hydrogens is 338 g/mol. The van der Waals surface area contributed by atoms with Gasteiger partial charge in [0.05, 0.1) is 21.3 Å². The topological polar surface area (TPSA) is 103 Å². The number of carbonyl (C=O) groups is 1. The Bertz CT molecular complexity index is 901. The van der Waals surface area contributed by atoms with E-state index in [0.717, 1.165) is 0 Å². The van der Waals surface area contributed by atoms with Gasteiger partial charge in [0.1, 0.15) is 17.6 Å². The van der Waals surface area contributed by atoms with Crippen LogP contribution in [0.15, 0.2) is 29.3 Å². The number of aryl methyl sites for hydroxylation is 2. The zero-order valence-electron chi connectivity index (χ0n) is 14.5. The van der Waals surface area contributed by atoms with Gasteiger partial charge in [-0.15, -0.1) is 0 Å². The fourth-order valence-electron chi connectivity index (χ4n) is 2.27. The molecule has 1 heterocycles. The molecule has 130 valence electrons. The second-order valence-corrected chi connectivity index (χ2v) is 7.91. The molecule has 0 aliphatic rings. The van der Waals surface area contributed by atoms with E-state index in [1.165, 1.54) is 18.3 Å². The monoisotopic (exact) mass is 357 g/mol. The molecule has 1 atom stereocenters. The van der Waals surface area contributed by atoms with Crippen molar-refractivity contribution in [3.8, 4) is 11.8 Å². The van der Waals surface area contributed by atoms with Gasteiger partial charge in [0.15, 0.2) is 0 Å². The van der Waals surface area contributed by atoms with Crippen molar-refractivity contribution in [2.24, 2.45) is 0 Å². The Hall–Kier alpha value is -2.72. The van der Waals surface area contributed by atoms with Crippen LogP contribution < -0.4 is 5.32 Å². The average Bonchev–Trinajstić information content (AvgIpc) is 2.55. The molecule has 2 N–H and O–H groups in total. The summed E-state index contributed by atoms with van der Waals surface area (Å²) in [6.45, 7) is 6.99. The molecule has 0 aliphatic heterocycles. The van der Waals surface area contributed by atoms with Crippen molar-refractivity contribution in [3.63, 3.8) is 0 Å². The summed E-state index contributed by atoms with van der Waals surface area (Å²) in [6, 6.07) is 6.51. The van der Waals surface area contributed by atoms with Gasteiger partial charge in [0.25, 0.3) is 5.91 Å². The average molecular weight is 357 g/mol. The summed E-state index contributed by atoms with van der Waals surface area (Å²) in [7, 11) is -1.42. The molecular formula is C18H19N3O3S. The minimum atomic E-state index is -1.42. The number of amides is 1. The van der Waals surface area contributed by atoms with Crippen molar-refractivity contribution in [1.29, 1.82) is 5.26 Å². The van der Waals surface area contributed by atoms with Crippen LogP contribution in [0.5, 0.6) is 5.75 Å². The van der Waals surface area contributed by atoms with Crippen LogP contribution in [-0.4, -0.2) is 25.5 Å². The Morgan fingerprint density at radius 3 is 2.52 bits per heavy atom. The minimum absolute atomic E-state index is 0.0891. The summed E-state index contributed by atoms with van der Waals surface area (Å²) in [6.07, 6.45) is 1.38. The molecule has 2 aromatic rings. The predicted octanol–water partition coefficient (Wildman–Crippen LogP) is 3.04. The number of nitrogens with one attached hydrogen (secondary N) is 1. The van der Waals surface area contributed by atoms with Gasteiger partial charge in [-0.1, -0.05) is 13.8 Å². The summed E-state index contributed by atoms with van der Waals surface area (Å²) >= 11 is 0. The van der Waals surface area contributed by atoms with Crippen molar-refractivity contribution >= 4 is 22.5 Å². The van der Waals surface area contributed by atoms with Crippen molar-refractivity contribution in [1.82, 2.24) is 4.98 Å². The minimum Gasteiger partial charge on any atom is -0.507 e. The van der Waals surface area contributed by atoms with E-state index >= 15 is 0 Å². The largest absolute Gasteiger partial charge is 0.507 e. The zero-order chi connectivity index (χ0) is 18.7. The predicted molar refractivity (Wildman–Crippen MR) is 96.0 cm³/mol. The smallest absolute Gasteiger partial charge is 0.257 e. The molecule has 0 saturated heterocycles. The molecule has 1 unspecified atom stereocenters. The van der Waals surface area contributed by atoms with Gasteiger partial charge in [-0.25, -0.2) is 4.98 Å². The van der Waals surface area contributed by atoms with Gasteiger partial charge in [-0.2, -0.15) is 5.26 Å². The van der Waals surface area contributed by atoms with E-state index in [4.69, 9.17) is 5.26 Å². The number of carbonyl (C=O) groups excluding carboxylic acids is 1. The normalized spacial score (nSPS) is 11.8. The molecule has 0 aliphatic carbocycles. The number of phenolic OH excluding ortho intramolecular Hbond substituents is 1. The van der Waals surface area contributed by atoms with Crippen LogP contribution in [0, 0.1) is 25.2 Å². The summed E-state index contributed by atoms with van der Waals surface area (Å²) in [4.78, 5) is 16.9. The number of hydrogen-bond acceptors (Lipinski definition) is 5. The van der Waals surface area contributed by atoms with E-state index in [1.807, 2.05) is 6.07 Å². The molecule has 1 aromatic carbocycles. The zero-order valence-corrected chi connectivity index (χ0v) is 15.3. The number of benzene rings is 1. The van der Waals surface area contributed by atoms with Crippen LogP contribution in [0.2, 0.25) is 0 Å². The number of phenols is 1. The summed E-state index contributed by atoms with van der Waals surface area (Å²) in [5.74, 6) is -0.156. The number of aromatic hydroxyl groups is 1. The number of rotatable bonds is 4. The van der Waals surface area contributed by atoms with Crippen molar-refractivity contribution in [2.45, 2.75) is 37.8 Å². The molecule has 0 fully saturated rings. The third-order valence-corrected chi connectivity index (χ3v) is 5.25. The summed E-state index contributed by atoms with van der Waals surface area (Å²) in [5.41, 5.74) is 1.94. The van der Waals surface area contributed by atoms with Crippen LogP contribution in [0.4, 0.5) is 5.82 Å². The lowest BCUT2D eigenvalue weighted by molar-refractivity contribution is 0.102. The fourth-order valence-corrected chi connectivity index (χ4v) is 3.28. The van der Waals surface area contributed by atoms with Crippen LogP contribution in [0.25, 0.3) is 0 Å². The number of pyridine rings is 1. The number of aromatic nitrogens is 1. The first-order valence-electron chi connectivity index (χ1n) is 7.67.